The number of carbonyl (C=O) groups excluding carboxylic acids is 1. The maximum absolute atomic E-state index is 14.8. The predicted molar refractivity (Wildman–Crippen MR) is 224 cm³/mol. The van der Waals surface area contributed by atoms with E-state index in [1.165, 1.54) is 69.0 Å². The van der Waals surface area contributed by atoms with Crippen LogP contribution in [0.2, 0.25) is 0 Å². The van der Waals surface area contributed by atoms with E-state index in [0.717, 1.165) is 64.2 Å². The van der Waals surface area contributed by atoms with Crippen LogP contribution in [-0.4, -0.2) is 50.5 Å². The van der Waals surface area contributed by atoms with E-state index in [1.807, 2.05) is 48.5 Å². The van der Waals surface area contributed by atoms with Crippen molar-refractivity contribution in [2.24, 2.45) is 5.92 Å². The van der Waals surface area contributed by atoms with Crippen LogP contribution >= 0.6 is 0 Å². The fraction of sp³-hybridized carbons (Fsp3) is 0.681. The number of hydrogen-bond donors (Lipinski definition) is 1. The fourth-order valence-corrected chi connectivity index (χ4v) is 7.92. The summed E-state index contributed by atoms with van der Waals surface area (Å²) in [5, 5.41) is 22.9. The van der Waals surface area contributed by atoms with E-state index in [1.54, 1.807) is 12.1 Å². The molecule has 0 spiro atoms. The molecule has 0 radical (unpaired) electrons. The first kappa shape index (κ1) is 44.6. The Morgan fingerprint density at radius 3 is 1.76 bits per heavy atom. The third-order valence-corrected chi connectivity index (χ3v) is 11.1. The van der Waals surface area contributed by atoms with E-state index in [-0.39, 0.29) is 24.4 Å². The molecule has 1 aromatic heterocycles. The van der Waals surface area contributed by atoms with Crippen molar-refractivity contribution in [2.45, 2.75) is 193 Å². The zero-order valence-electron chi connectivity index (χ0n) is 35.0. The topological polar surface area (TPSA) is 95.7 Å². The Labute approximate surface area is 332 Å². The number of rotatable bonds is 29. The van der Waals surface area contributed by atoms with Crippen molar-refractivity contribution in [1.29, 1.82) is 0 Å². The van der Waals surface area contributed by atoms with Gasteiger partial charge in [-0.2, -0.15) is 10.2 Å². The molecule has 2 aromatic carbocycles. The molecule has 1 aliphatic rings. The summed E-state index contributed by atoms with van der Waals surface area (Å²) in [7, 11) is 0. The van der Waals surface area contributed by atoms with Gasteiger partial charge in [-0.1, -0.05) is 166 Å². The highest BCUT2D eigenvalue weighted by molar-refractivity contribution is 6.00. The highest BCUT2D eigenvalue weighted by Gasteiger charge is 2.58. The highest BCUT2D eigenvalue weighted by atomic mass is 16.7. The summed E-state index contributed by atoms with van der Waals surface area (Å²) in [5.74, 6) is -2.41. The number of aromatic nitrogens is 3. The molecule has 0 saturated heterocycles. The average molecular weight is 760 g/mol. The summed E-state index contributed by atoms with van der Waals surface area (Å²) < 4.78 is 20.7. The number of hydrogen-bond acceptors (Lipinski definition) is 7. The lowest BCUT2D eigenvalue weighted by Gasteiger charge is -2.47. The lowest BCUT2D eigenvalue weighted by atomic mass is 9.77. The number of benzene rings is 2. The Morgan fingerprint density at radius 2 is 1.20 bits per heavy atom. The summed E-state index contributed by atoms with van der Waals surface area (Å²) in [5.41, 5.74) is -0.218. The lowest BCUT2D eigenvalue weighted by Crippen LogP contribution is -2.57. The zero-order valence-corrected chi connectivity index (χ0v) is 35.0. The monoisotopic (exact) mass is 760 g/mol. The molecule has 55 heavy (non-hydrogen) atoms. The molecule has 8 heteroatoms. The largest absolute Gasteiger partial charge is 0.494 e. The van der Waals surface area contributed by atoms with Gasteiger partial charge in [-0.25, -0.2) is 0 Å². The number of unbranched alkanes of at least 4 members (excludes halogenated alkanes) is 15. The number of ketones is 1. The van der Waals surface area contributed by atoms with Crippen molar-refractivity contribution in [3.63, 3.8) is 0 Å². The van der Waals surface area contributed by atoms with Gasteiger partial charge in [0.2, 0.25) is 0 Å². The van der Waals surface area contributed by atoms with Gasteiger partial charge in [0, 0.05) is 11.6 Å². The summed E-state index contributed by atoms with van der Waals surface area (Å²) in [6.45, 7) is 11.3. The van der Waals surface area contributed by atoms with Gasteiger partial charge in [0.05, 0.1) is 25.2 Å². The normalized spacial score (nSPS) is 21.1. The van der Waals surface area contributed by atoms with E-state index in [0.29, 0.717) is 29.0 Å². The van der Waals surface area contributed by atoms with Crippen LogP contribution in [0.3, 0.4) is 0 Å². The molecule has 0 saturated carbocycles. The molecule has 4 rings (SSSR count). The molecule has 1 aliphatic carbocycles. The fourth-order valence-electron chi connectivity index (χ4n) is 7.92. The third-order valence-electron chi connectivity index (χ3n) is 11.1. The van der Waals surface area contributed by atoms with Gasteiger partial charge in [-0.3, -0.25) is 4.79 Å². The average Bonchev–Trinajstić information content (AvgIpc) is 3.63. The van der Waals surface area contributed by atoms with Crippen molar-refractivity contribution in [2.75, 3.05) is 6.61 Å². The molecule has 1 heterocycles. The predicted octanol–water partition coefficient (Wildman–Crippen LogP) is 12.2. The smallest absolute Gasteiger partial charge is 0.199 e. The van der Waals surface area contributed by atoms with E-state index >= 15 is 0 Å². The van der Waals surface area contributed by atoms with Crippen LogP contribution in [0.5, 0.6) is 0 Å². The molecule has 8 nitrogen and oxygen atoms in total. The Kier molecular flexibility index (Phi) is 19.4. The second-order valence-electron chi connectivity index (χ2n) is 16.1. The van der Waals surface area contributed by atoms with Crippen LogP contribution in [0.15, 0.2) is 66.4 Å². The van der Waals surface area contributed by atoms with Gasteiger partial charge in [0.15, 0.2) is 17.3 Å². The van der Waals surface area contributed by atoms with Gasteiger partial charge in [-0.05, 0) is 51.7 Å². The molecular weight excluding hydrogens is 687 g/mol. The minimum absolute atomic E-state index is 0.0704. The lowest BCUT2D eigenvalue weighted by molar-refractivity contribution is -0.279. The van der Waals surface area contributed by atoms with E-state index < -0.39 is 17.4 Å². The number of nitrogens with zero attached hydrogens (tertiary/aromatic N) is 3. The van der Waals surface area contributed by atoms with Crippen LogP contribution in [0.4, 0.5) is 0 Å². The molecule has 0 fully saturated rings. The second-order valence-corrected chi connectivity index (χ2v) is 16.1. The highest BCUT2D eigenvalue weighted by Crippen LogP contribution is 2.47. The van der Waals surface area contributed by atoms with Crippen molar-refractivity contribution in [1.82, 2.24) is 15.0 Å². The van der Waals surface area contributed by atoms with E-state index in [9.17, 15) is 9.90 Å². The Balaban J connectivity index is 1.71. The molecule has 306 valence electrons. The zero-order chi connectivity index (χ0) is 39.4. The summed E-state index contributed by atoms with van der Waals surface area (Å²) in [6.07, 6.45) is 24.3. The van der Waals surface area contributed by atoms with Gasteiger partial charge < -0.3 is 19.3 Å². The standard InChI is InChI=1S/C47H73N3O5/c1-6-9-12-15-16-17-18-19-20-28-35-53-46(55-39(5)30-23-14-11-8-3)36-43(54-38(4)29-22-13-10-7-2)44(45(51)40-31-24-21-25-32-40)47(52,37-46)50-48-41-33-26-27-34-42(41)49-50/h21,24-27,31-34,36,38-39,44,52H,6-20,22-23,28-30,35,37H2,1-5H3. The van der Waals surface area contributed by atoms with Crippen LogP contribution < -0.4 is 0 Å². The first-order valence-electron chi connectivity index (χ1n) is 22.1. The molecule has 1 N–H and O–H groups in total. The van der Waals surface area contributed by atoms with E-state index in [2.05, 4.69) is 34.6 Å². The maximum Gasteiger partial charge on any atom is 0.199 e. The van der Waals surface area contributed by atoms with E-state index in [4.69, 9.17) is 24.4 Å². The molecule has 0 aliphatic heterocycles. The van der Waals surface area contributed by atoms with Gasteiger partial charge in [0.25, 0.3) is 0 Å². The van der Waals surface area contributed by atoms with Gasteiger partial charge in [0.1, 0.15) is 22.7 Å². The summed E-state index contributed by atoms with van der Waals surface area (Å²) in [6, 6.07) is 16.7. The van der Waals surface area contributed by atoms with Gasteiger partial charge in [-0.15, -0.1) is 4.80 Å². The quantitative estimate of drug-likeness (QED) is 0.0428. The number of ether oxygens (including phenoxy) is 3. The number of fused-ring (bicyclic) bond motifs is 1. The maximum atomic E-state index is 14.8. The van der Waals surface area contributed by atoms with Crippen LogP contribution in [0.1, 0.15) is 180 Å². The molecule has 5 atom stereocenters. The summed E-state index contributed by atoms with van der Waals surface area (Å²) in [4.78, 5) is 16.1. The molecule has 3 aromatic rings. The number of carbonyl (C=O) groups is 1. The Morgan fingerprint density at radius 1 is 0.709 bits per heavy atom. The van der Waals surface area contributed by atoms with Crippen LogP contribution in [-0.2, 0) is 19.9 Å². The minimum Gasteiger partial charge on any atom is -0.494 e. The SMILES string of the molecule is CCCCCCCCCCCCOC1(OC(C)CCCCCC)C=C(OC(C)CCCCCC)C(C(=O)c2ccccc2)C(O)(n2nc3ccccc3n2)C1. The van der Waals surface area contributed by atoms with Crippen molar-refractivity contribution >= 4 is 16.8 Å². The molecule has 5 unspecified atom stereocenters. The first-order chi connectivity index (χ1) is 26.7. The molecular formula is C47H73N3O5. The Bertz CT molecular complexity index is 1510. The van der Waals surface area contributed by atoms with Crippen molar-refractivity contribution in [3.8, 4) is 0 Å². The number of aliphatic hydroxyl groups is 1. The van der Waals surface area contributed by atoms with Crippen molar-refractivity contribution < 1.29 is 24.1 Å². The summed E-state index contributed by atoms with van der Waals surface area (Å²) >= 11 is 0. The minimum atomic E-state index is -1.96. The molecule has 0 amide bonds. The van der Waals surface area contributed by atoms with Crippen LogP contribution in [0, 0.1) is 5.92 Å². The second kappa shape index (κ2) is 23.9. The number of Topliss-reactive ketones (excluding diaryl/α,β-unsaturated/α-hetero) is 1. The van der Waals surface area contributed by atoms with Crippen molar-refractivity contribution in [3.05, 3.63) is 72.0 Å². The first-order valence-corrected chi connectivity index (χ1v) is 22.1. The third kappa shape index (κ3) is 13.8. The van der Waals surface area contributed by atoms with Crippen LogP contribution in [0.25, 0.3) is 11.0 Å². The van der Waals surface area contributed by atoms with Gasteiger partial charge >= 0.3 is 0 Å². The Hall–Kier alpha value is -3.07. The molecule has 0 bridgehead atoms.